The van der Waals surface area contributed by atoms with Gasteiger partial charge in [-0.1, -0.05) is 25.7 Å². The van der Waals surface area contributed by atoms with E-state index in [-0.39, 0.29) is 18.2 Å². The van der Waals surface area contributed by atoms with Crippen molar-refractivity contribution in [2.75, 3.05) is 13.2 Å². The first-order valence-corrected chi connectivity index (χ1v) is 9.02. The zero-order valence-electron chi connectivity index (χ0n) is 14.3. The molecule has 2 aliphatic rings. The molecule has 0 aromatic rings. The summed E-state index contributed by atoms with van der Waals surface area (Å²) in [5, 5.41) is 0. The Labute approximate surface area is 134 Å². The van der Waals surface area contributed by atoms with Crippen molar-refractivity contribution >= 4 is 5.78 Å². The molecule has 2 unspecified atom stereocenters. The molecule has 128 valence electrons. The number of hydrogen-bond acceptors (Lipinski definition) is 4. The van der Waals surface area contributed by atoms with Crippen LogP contribution in [0.1, 0.15) is 78.1 Å². The Kier molecular flexibility index (Phi) is 7.32. The zero-order chi connectivity index (χ0) is 15.8. The molecule has 4 heteroatoms. The van der Waals surface area contributed by atoms with Crippen molar-refractivity contribution in [2.24, 2.45) is 0 Å². The van der Waals surface area contributed by atoms with Crippen molar-refractivity contribution in [3.8, 4) is 0 Å². The lowest BCUT2D eigenvalue weighted by Gasteiger charge is -2.22. The molecule has 0 aromatic carbocycles. The van der Waals surface area contributed by atoms with E-state index in [1.807, 2.05) is 13.8 Å². The van der Waals surface area contributed by atoms with Crippen molar-refractivity contribution in [1.82, 2.24) is 0 Å². The number of Topliss-reactive ketones (excluding diaryl/α,β-unsaturated/α-hetero) is 1. The monoisotopic (exact) mass is 312 g/mol. The van der Waals surface area contributed by atoms with Gasteiger partial charge >= 0.3 is 0 Å². The molecule has 0 aromatic heterocycles. The molecule has 0 radical (unpaired) electrons. The van der Waals surface area contributed by atoms with Crippen molar-refractivity contribution in [1.29, 1.82) is 0 Å². The molecule has 2 saturated heterocycles. The van der Waals surface area contributed by atoms with E-state index in [1.54, 1.807) is 0 Å². The van der Waals surface area contributed by atoms with Crippen molar-refractivity contribution in [3.63, 3.8) is 0 Å². The van der Waals surface area contributed by atoms with Crippen LogP contribution in [0.15, 0.2) is 0 Å². The summed E-state index contributed by atoms with van der Waals surface area (Å²) in [7, 11) is 0. The summed E-state index contributed by atoms with van der Waals surface area (Å²) < 4.78 is 17.1. The van der Waals surface area contributed by atoms with Crippen LogP contribution in [0.5, 0.6) is 0 Å². The number of carbonyl (C=O) groups excluding carboxylic acids is 1. The van der Waals surface area contributed by atoms with Crippen LogP contribution >= 0.6 is 0 Å². The highest BCUT2D eigenvalue weighted by Crippen LogP contribution is 2.29. The van der Waals surface area contributed by atoms with Crippen LogP contribution in [-0.4, -0.2) is 37.0 Å². The number of hydrogen-bond donors (Lipinski definition) is 0. The Morgan fingerprint density at radius 3 is 2.59 bits per heavy atom. The van der Waals surface area contributed by atoms with E-state index < -0.39 is 5.60 Å². The first-order chi connectivity index (χ1) is 10.6. The summed E-state index contributed by atoms with van der Waals surface area (Å²) in [6, 6.07) is 0. The Hall–Kier alpha value is -0.450. The molecule has 0 N–H and O–H groups in total. The number of ether oxygens (including phenoxy) is 3. The van der Waals surface area contributed by atoms with Gasteiger partial charge in [0.2, 0.25) is 0 Å². The molecule has 4 nitrogen and oxygen atoms in total. The second-order valence-corrected chi connectivity index (χ2v) is 7.10. The lowest BCUT2D eigenvalue weighted by atomic mass is 10.0. The average molecular weight is 312 g/mol. The van der Waals surface area contributed by atoms with Gasteiger partial charge in [-0.25, -0.2) is 0 Å². The summed E-state index contributed by atoms with van der Waals surface area (Å²) in [6.45, 7) is 5.43. The molecule has 0 amide bonds. The molecule has 2 heterocycles. The molecule has 0 spiro atoms. The minimum atomic E-state index is -0.552. The first kappa shape index (κ1) is 17.9. The van der Waals surface area contributed by atoms with E-state index in [4.69, 9.17) is 14.2 Å². The molecule has 2 fully saturated rings. The van der Waals surface area contributed by atoms with Crippen molar-refractivity contribution in [3.05, 3.63) is 0 Å². The standard InChI is InChI=1S/C18H32O4/c1-18(2)16(19)14-15(22-18)10-6-4-3-5-8-12-20-17-11-7-9-13-21-17/h15,17H,3-14H2,1-2H3. The number of rotatable bonds is 9. The highest BCUT2D eigenvalue weighted by molar-refractivity contribution is 5.88. The normalized spacial score (nSPS) is 28.2. The molecular weight excluding hydrogens is 280 g/mol. The predicted molar refractivity (Wildman–Crippen MR) is 85.8 cm³/mol. The van der Waals surface area contributed by atoms with E-state index in [0.717, 1.165) is 38.9 Å². The van der Waals surface area contributed by atoms with E-state index in [0.29, 0.717) is 6.42 Å². The maximum Gasteiger partial charge on any atom is 0.166 e. The molecule has 2 atom stereocenters. The molecule has 2 aliphatic heterocycles. The van der Waals surface area contributed by atoms with Crippen molar-refractivity contribution in [2.45, 2.75) is 96.1 Å². The van der Waals surface area contributed by atoms with Crippen LogP contribution in [0, 0.1) is 0 Å². The molecular formula is C18H32O4. The van der Waals surface area contributed by atoms with Gasteiger partial charge in [-0.15, -0.1) is 0 Å². The summed E-state index contributed by atoms with van der Waals surface area (Å²) in [5.41, 5.74) is -0.552. The van der Waals surface area contributed by atoms with E-state index in [2.05, 4.69) is 0 Å². The van der Waals surface area contributed by atoms with Gasteiger partial charge in [0, 0.05) is 19.6 Å². The Morgan fingerprint density at radius 1 is 1.14 bits per heavy atom. The van der Waals surface area contributed by atoms with E-state index in [1.165, 1.54) is 32.1 Å². The van der Waals surface area contributed by atoms with Crippen LogP contribution < -0.4 is 0 Å². The van der Waals surface area contributed by atoms with Gasteiger partial charge < -0.3 is 14.2 Å². The summed E-state index contributed by atoms with van der Waals surface area (Å²) in [6.07, 6.45) is 11.2. The lowest BCUT2D eigenvalue weighted by Crippen LogP contribution is -2.27. The van der Waals surface area contributed by atoms with Gasteiger partial charge in [0.25, 0.3) is 0 Å². The van der Waals surface area contributed by atoms with Gasteiger partial charge in [-0.05, 0) is 46.0 Å². The Balaban J connectivity index is 1.39. The fourth-order valence-corrected chi connectivity index (χ4v) is 3.20. The third-order valence-corrected chi connectivity index (χ3v) is 4.66. The molecule has 2 rings (SSSR count). The third kappa shape index (κ3) is 5.98. The van der Waals surface area contributed by atoms with Crippen molar-refractivity contribution < 1.29 is 19.0 Å². The summed E-state index contributed by atoms with van der Waals surface area (Å²) >= 11 is 0. The maximum atomic E-state index is 11.7. The predicted octanol–water partition coefficient (Wildman–Crippen LogP) is 4.01. The summed E-state index contributed by atoms with van der Waals surface area (Å²) in [4.78, 5) is 11.7. The first-order valence-electron chi connectivity index (χ1n) is 9.02. The molecule has 22 heavy (non-hydrogen) atoms. The maximum absolute atomic E-state index is 11.7. The average Bonchev–Trinajstić information content (AvgIpc) is 2.76. The lowest BCUT2D eigenvalue weighted by molar-refractivity contribution is -0.162. The van der Waals surface area contributed by atoms with Gasteiger partial charge in [0.1, 0.15) is 5.60 Å². The minimum absolute atomic E-state index is 0.0501. The minimum Gasteiger partial charge on any atom is -0.364 e. The van der Waals surface area contributed by atoms with Crippen LogP contribution in [0.4, 0.5) is 0 Å². The molecule has 0 saturated carbocycles. The topological polar surface area (TPSA) is 44.8 Å². The van der Waals surface area contributed by atoms with Gasteiger partial charge in [-0.2, -0.15) is 0 Å². The molecule has 0 bridgehead atoms. The number of unbranched alkanes of at least 4 members (excludes halogenated alkanes) is 4. The second kappa shape index (κ2) is 8.99. The van der Waals surface area contributed by atoms with E-state index in [9.17, 15) is 4.79 Å². The Morgan fingerprint density at radius 2 is 1.91 bits per heavy atom. The van der Waals surface area contributed by atoms with Gasteiger partial charge in [-0.3, -0.25) is 4.79 Å². The van der Waals surface area contributed by atoms with Crippen LogP contribution in [0.2, 0.25) is 0 Å². The Bertz CT molecular complexity index is 334. The van der Waals surface area contributed by atoms with E-state index >= 15 is 0 Å². The highest BCUT2D eigenvalue weighted by Gasteiger charge is 2.39. The zero-order valence-corrected chi connectivity index (χ0v) is 14.3. The number of carbonyl (C=O) groups is 1. The fraction of sp³-hybridized carbons (Fsp3) is 0.944. The van der Waals surface area contributed by atoms with Crippen LogP contribution in [0.25, 0.3) is 0 Å². The van der Waals surface area contributed by atoms with Crippen LogP contribution in [-0.2, 0) is 19.0 Å². The second-order valence-electron chi connectivity index (χ2n) is 7.10. The summed E-state index contributed by atoms with van der Waals surface area (Å²) in [5.74, 6) is 0.250. The van der Waals surface area contributed by atoms with Gasteiger partial charge in [0.05, 0.1) is 6.10 Å². The third-order valence-electron chi connectivity index (χ3n) is 4.66. The molecule has 0 aliphatic carbocycles. The SMILES string of the molecule is CC1(C)OC(CCCCCCCOC2CCCCO2)CC1=O. The highest BCUT2D eigenvalue weighted by atomic mass is 16.7. The fourth-order valence-electron chi connectivity index (χ4n) is 3.20. The quantitative estimate of drug-likeness (QED) is 0.604. The smallest absolute Gasteiger partial charge is 0.166 e. The largest absolute Gasteiger partial charge is 0.364 e. The number of ketones is 1. The van der Waals surface area contributed by atoms with Crippen LogP contribution in [0.3, 0.4) is 0 Å². The van der Waals surface area contributed by atoms with Gasteiger partial charge in [0.15, 0.2) is 12.1 Å².